The first-order valence-corrected chi connectivity index (χ1v) is 8.24. The summed E-state index contributed by atoms with van der Waals surface area (Å²) in [5, 5.41) is 0.168. The predicted molar refractivity (Wildman–Crippen MR) is 83.5 cm³/mol. The van der Waals surface area contributed by atoms with Crippen molar-refractivity contribution in [2.75, 3.05) is 7.11 Å². The topological polar surface area (TPSA) is 55.4 Å². The molecule has 0 spiro atoms. The summed E-state index contributed by atoms with van der Waals surface area (Å²) >= 11 is 11.8. The van der Waals surface area contributed by atoms with Gasteiger partial charge in [-0.2, -0.15) is 0 Å². The van der Waals surface area contributed by atoms with Crippen molar-refractivity contribution in [2.24, 2.45) is 0 Å². The molecule has 0 unspecified atom stereocenters. The quantitative estimate of drug-likeness (QED) is 0.902. The summed E-state index contributed by atoms with van der Waals surface area (Å²) in [5.74, 6) is 0.655. The molecule has 0 fully saturated rings. The van der Waals surface area contributed by atoms with Crippen LogP contribution in [0.3, 0.4) is 0 Å². The van der Waals surface area contributed by atoms with Gasteiger partial charge in [0, 0.05) is 6.54 Å². The number of rotatable bonds is 5. The van der Waals surface area contributed by atoms with Crippen LogP contribution in [0.1, 0.15) is 5.56 Å². The zero-order chi connectivity index (χ0) is 15.5. The van der Waals surface area contributed by atoms with Crippen LogP contribution in [-0.2, 0) is 16.6 Å². The first kappa shape index (κ1) is 16.1. The highest BCUT2D eigenvalue weighted by molar-refractivity contribution is 7.89. The Bertz CT molecular complexity index is 727. The smallest absolute Gasteiger partial charge is 0.243 e. The zero-order valence-electron chi connectivity index (χ0n) is 11.1. The third-order valence-corrected chi connectivity index (χ3v) is 5.14. The second-order valence-corrected chi connectivity index (χ2v) is 6.75. The Morgan fingerprint density at radius 3 is 2.33 bits per heavy atom. The van der Waals surface area contributed by atoms with Gasteiger partial charge in [-0.25, -0.2) is 13.1 Å². The molecule has 1 N–H and O–H groups in total. The zero-order valence-corrected chi connectivity index (χ0v) is 13.5. The molecule has 21 heavy (non-hydrogen) atoms. The summed E-state index contributed by atoms with van der Waals surface area (Å²) in [7, 11) is -2.25. The predicted octanol–water partition coefficient (Wildman–Crippen LogP) is 3.48. The highest BCUT2D eigenvalue weighted by Crippen LogP contribution is 2.28. The molecule has 0 saturated heterocycles. The van der Waals surface area contributed by atoms with Crippen LogP contribution in [0.5, 0.6) is 5.75 Å². The fourth-order valence-corrected chi connectivity index (χ4v) is 3.93. The highest BCUT2D eigenvalue weighted by atomic mass is 35.5. The fraction of sp³-hybridized carbons (Fsp3) is 0.143. The maximum atomic E-state index is 12.3. The number of benzene rings is 2. The molecule has 112 valence electrons. The van der Waals surface area contributed by atoms with Crippen molar-refractivity contribution in [1.82, 2.24) is 4.72 Å². The van der Waals surface area contributed by atoms with Crippen LogP contribution in [-0.4, -0.2) is 15.5 Å². The van der Waals surface area contributed by atoms with Crippen molar-refractivity contribution < 1.29 is 13.2 Å². The number of halogens is 2. The molecule has 4 nitrogen and oxygen atoms in total. The van der Waals surface area contributed by atoms with Crippen LogP contribution >= 0.6 is 23.2 Å². The van der Waals surface area contributed by atoms with Crippen LogP contribution < -0.4 is 9.46 Å². The number of ether oxygens (including phenoxy) is 1. The van der Waals surface area contributed by atoms with E-state index in [1.54, 1.807) is 37.4 Å². The van der Waals surface area contributed by atoms with Crippen molar-refractivity contribution in [1.29, 1.82) is 0 Å². The lowest BCUT2D eigenvalue weighted by molar-refractivity contribution is 0.414. The summed E-state index contributed by atoms with van der Waals surface area (Å²) in [5.41, 5.74) is 0.765. The molecule has 0 heterocycles. The third kappa shape index (κ3) is 3.89. The van der Waals surface area contributed by atoms with Gasteiger partial charge in [0.1, 0.15) is 10.6 Å². The van der Waals surface area contributed by atoms with E-state index in [1.807, 2.05) is 0 Å². The average molecular weight is 346 g/mol. The first-order valence-electron chi connectivity index (χ1n) is 6.00. The van der Waals surface area contributed by atoms with Crippen LogP contribution in [0, 0.1) is 0 Å². The van der Waals surface area contributed by atoms with E-state index in [4.69, 9.17) is 27.9 Å². The molecule has 2 rings (SSSR count). The standard InChI is InChI=1S/C14H13Cl2NO3S/c1-20-11-5-2-4-10(8-11)9-17-21(18,19)14-12(15)6-3-7-13(14)16/h2-8,17H,9H2,1H3. The molecule has 7 heteroatoms. The monoisotopic (exact) mass is 345 g/mol. The molecule has 0 atom stereocenters. The van der Waals surface area contributed by atoms with Gasteiger partial charge < -0.3 is 4.74 Å². The van der Waals surface area contributed by atoms with Gasteiger partial charge in [-0.15, -0.1) is 0 Å². The van der Waals surface area contributed by atoms with Crippen molar-refractivity contribution in [2.45, 2.75) is 11.4 Å². The van der Waals surface area contributed by atoms with E-state index in [9.17, 15) is 8.42 Å². The second-order valence-electron chi connectivity index (χ2n) is 4.23. The fourth-order valence-electron chi connectivity index (χ4n) is 1.77. The Morgan fingerprint density at radius 1 is 1.10 bits per heavy atom. The summed E-state index contributed by atoms with van der Waals surface area (Å²) in [6.45, 7) is 0.112. The summed E-state index contributed by atoms with van der Waals surface area (Å²) in [6.07, 6.45) is 0. The minimum Gasteiger partial charge on any atom is -0.497 e. The molecule has 0 aliphatic heterocycles. The van der Waals surface area contributed by atoms with Crippen LogP contribution in [0.4, 0.5) is 0 Å². The summed E-state index contributed by atoms with van der Waals surface area (Å²) in [6, 6.07) is 11.6. The van der Waals surface area contributed by atoms with Crippen LogP contribution in [0.15, 0.2) is 47.4 Å². The molecule has 2 aromatic carbocycles. The van der Waals surface area contributed by atoms with Gasteiger partial charge in [0.2, 0.25) is 10.0 Å². The maximum absolute atomic E-state index is 12.3. The molecule has 2 aromatic rings. The number of sulfonamides is 1. The SMILES string of the molecule is COc1cccc(CNS(=O)(=O)c2c(Cl)cccc2Cl)c1. The summed E-state index contributed by atoms with van der Waals surface area (Å²) in [4.78, 5) is -0.115. The molecule has 0 aliphatic rings. The Labute approximate surface area is 133 Å². The second kappa shape index (κ2) is 6.66. The van der Waals surface area contributed by atoms with Gasteiger partial charge in [0.25, 0.3) is 0 Å². The van der Waals surface area contributed by atoms with E-state index in [2.05, 4.69) is 4.72 Å². The molecular formula is C14H13Cl2NO3S. The largest absolute Gasteiger partial charge is 0.497 e. The molecular weight excluding hydrogens is 333 g/mol. The van der Waals surface area contributed by atoms with Crippen molar-refractivity contribution >= 4 is 33.2 Å². The van der Waals surface area contributed by atoms with Crippen LogP contribution in [0.2, 0.25) is 10.0 Å². The lowest BCUT2D eigenvalue weighted by Crippen LogP contribution is -2.23. The lowest BCUT2D eigenvalue weighted by Gasteiger charge is -2.10. The van der Waals surface area contributed by atoms with Gasteiger partial charge in [-0.3, -0.25) is 0 Å². The number of hydrogen-bond acceptors (Lipinski definition) is 3. The number of methoxy groups -OCH3 is 1. The van der Waals surface area contributed by atoms with Crippen molar-refractivity contribution in [3.05, 3.63) is 58.1 Å². The molecule has 0 saturated carbocycles. The lowest BCUT2D eigenvalue weighted by atomic mass is 10.2. The number of hydrogen-bond donors (Lipinski definition) is 1. The van der Waals surface area contributed by atoms with E-state index in [0.717, 1.165) is 5.56 Å². The van der Waals surface area contributed by atoms with Crippen molar-refractivity contribution in [3.63, 3.8) is 0 Å². The van der Waals surface area contributed by atoms with Gasteiger partial charge in [-0.05, 0) is 29.8 Å². The van der Waals surface area contributed by atoms with E-state index in [1.165, 1.54) is 12.1 Å². The Kier molecular flexibility index (Phi) is 5.11. The summed E-state index contributed by atoms with van der Waals surface area (Å²) < 4.78 is 32.1. The third-order valence-electron chi connectivity index (χ3n) is 2.79. The average Bonchev–Trinajstić information content (AvgIpc) is 2.45. The molecule has 0 aliphatic carbocycles. The molecule has 0 radical (unpaired) electrons. The van der Waals surface area contributed by atoms with E-state index in [0.29, 0.717) is 5.75 Å². The minimum atomic E-state index is -3.79. The maximum Gasteiger partial charge on any atom is 0.243 e. The van der Waals surface area contributed by atoms with E-state index < -0.39 is 10.0 Å². The highest BCUT2D eigenvalue weighted by Gasteiger charge is 2.21. The Hall–Kier alpha value is -1.27. The van der Waals surface area contributed by atoms with Crippen LogP contribution in [0.25, 0.3) is 0 Å². The first-order chi connectivity index (χ1) is 9.94. The number of nitrogens with one attached hydrogen (secondary N) is 1. The minimum absolute atomic E-state index is 0.0839. The Morgan fingerprint density at radius 2 is 1.71 bits per heavy atom. The van der Waals surface area contributed by atoms with Gasteiger partial charge in [-0.1, -0.05) is 41.4 Å². The van der Waals surface area contributed by atoms with E-state index >= 15 is 0 Å². The molecule has 0 aromatic heterocycles. The van der Waals surface area contributed by atoms with Gasteiger partial charge in [0.15, 0.2) is 0 Å². The normalized spacial score (nSPS) is 11.4. The van der Waals surface area contributed by atoms with Gasteiger partial charge >= 0.3 is 0 Å². The Balaban J connectivity index is 2.22. The molecule has 0 amide bonds. The molecule has 0 bridgehead atoms. The van der Waals surface area contributed by atoms with Crippen molar-refractivity contribution in [3.8, 4) is 5.75 Å². The van der Waals surface area contributed by atoms with E-state index in [-0.39, 0.29) is 21.5 Å². The van der Waals surface area contributed by atoms with Gasteiger partial charge in [0.05, 0.1) is 17.2 Å².